The summed E-state index contributed by atoms with van der Waals surface area (Å²) >= 11 is 0. The Kier molecular flexibility index (Phi) is 3.82. The summed E-state index contributed by atoms with van der Waals surface area (Å²) < 4.78 is 13.0. The average molecular weight is 269 g/mol. The van der Waals surface area contributed by atoms with Crippen LogP contribution in [0.25, 0.3) is 11.3 Å². The van der Waals surface area contributed by atoms with Crippen molar-refractivity contribution < 1.29 is 4.39 Å². The second-order valence-electron chi connectivity index (χ2n) is 5.41. The van der Waals surface area contributed by atoms with Crippen LogP contribution in [0.5, 0.6) is 0 Å². The van der Waals surface area contributed by atoms with Crippen molar-refractivity contribution in [2.75, 3.05) is 0 Å². The number of aromatic nitrogens is 1. The Labute approximate surface area is 114 Å². The van der Waals surface area contributed by atoms with Gasteiger partial charge >= 0.3 is 0 Å². The van der Waals surface area contributed by atoms with Gasteiger partial charge in [0.05, 0.1) is 11.3 Å². The minimum Gasteiger partial charge on any atom is -0.255 e. The van der Waals surface area contributed by atoms with E-state index in [1.165, 1.54) is 12.1 Å². The monoisotopic (exact) mass is 269 g/mol. The van der Waals surface area contributed by atoms with Crippen LogP contribution in [0.3, 0.4) is 0 Å². The molecule has 2 rings (SSSR count). The molecule has 19 heavy (non-hydrogen) atoms. The zero-order valence-electron chi connectivity index (χ0n) is 11.4. The van der Waals surface area contributed by atoms with Crippen LogP contribution in [0.1, 0.15) is 5.56 Å². The fourth-order valence-electron chi connectivity index (χ4n) is 1.60. The Morgan fingerprint density at radius 1 is 1.05 bits per heavy atom. The highest BCUT2D eigenvalue weighted by Crippen LogP contribution is 2.20. The maximum Gasteiger partial charge on any atom is 0.129 e. The van der Waals surface area contributed by atoms with E-state index in [9.17, 15) is 4.39 Å². The molecule has 0 atom stereocenters. The summed E-state index contributed by atoms with van der Waals surface area (Å²) in [6, 6.07) is 10.2. The Balaban J connectivity index is 2.46. The third kappa shape index (κ3) is 3.77. The molecule has 1 heterocycles. The van der Waals surface area contributed by atoms with E-state index in [-0.39, 0.29) is 5.82 Å². The summed E-state index contributed by atoms with van der Waals surface area (Å²) in [5.41, 5.74) is 5.94. The minimum atomic E-state index is -1.42. The molecule has 0 saturated heterocycles. The molecule has 0 aliphatic rings. The van der Waals surface area contributed by atoms with Gasteiger partial charge in [0.1, 0.15) is 13.9 Å². The highest BCUT2D eigenvalue weighted by molar-refractivity contribution is 6.83. The molecule has 0 aliphatic carbocycles. The molecular weight excluding hydrogens is 253 g/mol. The Bertz CT molecular complexity index is 630. The molecule has 0 bridgehead atoms. The van der Waals surface area contributed by atoms with Crippen molar-refractivity contribution in [1.29, 1.82) is 0 Å². The quantitative estimate of drug-likeness (QED) is 0.560. The molecule has 0 spiro atoms. The van der Waals surface area contributed by atoms with Crippen molar-refractivity contribution in [1.82, 2.24) is 4.98 Å². The first-order valence-corrected chi connectivity index (χ1v) is 9.70. The van der Waals surface area contributed by atoms with E-state index in [0.29, 0.717) is 0 Å². The van der Waals surface area contributed by atoms with Crippen molar-refractivity contribution >= 4 is 8.07 Å². The summed E-state index contributed by atoms with van der Waals surface area (Å²) in [7, 11) is -1.42. The van der Waals surface area contributed by atoms with Crippen LogP contribution in [-0.4, -0.2) is 13.1 Å². The third-order valence-electron chi connectivity index (χ3n) is 2.50. The summed E-state index contributed by atoms with van der Waals surface area (Å²) in [6.07, 6.45) is 1.73. The van der Waals surface area contributed by atoms with Crippen LogP contribution in [0.15, 0.2) is 42.6 Å². The molecule has 0 aliphatic heterocycles. The number of halogens is 1. The molecule has 1 aromatic carbocycles. The van der Waals surface area contributed by atoms with E-state index in [1.807, 2.05) is 12.1 Å². The predicted molar refractivity (Wildman–Crippen MR) is 79.9 cm³/mol. The van der Waals surface area contributed by atoms with Crippen molar-refractivity contribution in [3.05, 3.63) is 54.0 Å². The summed E-state index contributed by atoms with van der Waals surface area (Å²) in [5.74, 6) is 2.98. The average Bonchev–Trinajstić information content (AvgIpc) is 2.37. The second kappa shape index (κ2) is 5.37. The van der Waals surface area contributed by atoms with E-state index < -0.39 is 8.07 Å². The molecule has 0 amide bonds. The molecule has 96 valence electrons. The molecular formula is C16H16FNSi. The van der Waals surface area contributed by atoms with Crippen molar-refractivity contribution in [3.63, 3.8) is 0 Å². The number of rotatable bonds is 1. The Morgan fingerprint density at radius 3 is 2.37 bits per heavy atom. The number of nitrogens with zero attached hydrogens (tertiary/aromatic N) is 1. The van der Waals surface area contributed by atoms with Crippen LogP contribution in [0.2, 0.25) is 19.6 Å². The molecule has 0 saturated carbocycles. The lowest BCUT2D eigenvalue weighted by molar-refractivity contribution is 0.628. The zero-order chi connectivity index (χ0) is 13.9. The highest BCUT2D eigenvalue weighted by atomic mass is 28.3. The number of hydrogen-bond donors (Lipinski definition) is 0. The number of pyridine rings is 1. The minimum absolute atomic E-state index is 0.241. The number of hydrogen-bond acceptors (Lipinski definition) is 1. The van der Waals surface area contributed by atoms with Gasteiger partial charge in [-0.15, -0.1) is 5.54 Å². The van der Waals surface area contributed by atoms with Gasteiger partial charge in [0.2, 0.25) is 0 Å². The Hall–Kier alpha value is -1.92. The fourth-order valence-corrected chi connectivity index (χ4v) is 2.11. The first-order valence-electron chi connectivity index (χ1n) is 6.20. The van der Waals surface area contributed by atoms with Crippen molar-refractivity contribution in [3.8, 4) is 22.7 Å². The standard InChI is InChI=1S/C16H16FNSi/c1-19(2,3)12-10-13-5-4-11-18-16(13)14-6-8-15(17)9-7-14/h4-9,11H,1-3H3. The molecule has 0 N–H and O–H groups in total. The summed E-state index contributed by atoms with van der Waals surface area (Å²) in [4.78, 5) is 4.37. The van der Waals surface area contributed by atoms with Gasteiger partial charge in [0.15, 0.2) is 0 Å². The van der Waals surface area contributed by atoms with Gasteiger partial charge in [-0.1, -0.05) is 25.6 Å². The first kappa shape index (κ1) is 13.5. The van der Waals surface area contributed by atoms with Gasteiger partial charge in [0.25, 0.3) is 0 Å². The highest BCUT2D eigenvalue weighted by Gasteiger charge is 2.09. The van der Waals surface area contributed by atoms with Crippen LogP contribution in [0.4, 0.5) is 4.39 Å². The molecule has 2 aromatic rings. The van der Waals surface area contributed by atoms with Gasteiger partial charge < -0.3 is 0 Å². The van der Waals surface area contributed by atoms with E-state index in [0.717, 1.165) is 16.8 Å². The molecule has 0 unspecified atom stereocenters. The maximum atomic E-state index is 13.0. The largest absolute Gasteiger partial charge is 0.255 e. The zero-order valence-corrected chi connectivity index (χ0v) is 12.4. The first-order chi connectivity index (χ1) is 8.96. The normalized spacial score (nSPS) is 10.7. The van der Waals surface area contributed by atoms with Gasteiger partial charge in [-0.25, -0.2) is 4.39 Å². The Morgan fingerprint density at radius 2 is 1.74 bits per heavy atom. The summed E-state index contributed by atoms with van der Waals surface area (Å²) in [5, 5.41) is 0. The lowest BCUT2D eigenvalue weighted by atomic mass is 10.1. The number of benzene rings is 1. The van der Waals surface area contributed by atoms with Gasteiger partial charge in [-0.05, 0) is 36.4 Å². The third-order valence-corrected chi connectivity index (χ3v) is 3.37. The van der Waals surface area contributed by atoms with E-state index in [2.05, 4.69) is 36.1 Å². The van der Waals surface area contributed by atoms with Crippen molar-refractivity contribution in [2.45, 2.75) is 19.6 Å². The van der Waals surface area contributed by atoms with E-state index >= 15 is 0 Å². The second-order valence-corrected chi connectivity index (χ2v) is 10.2. The van der Waals surface area contributed by atoms with Crippen molar-refractivity contribution in [2.24, 2.45) is 0 Å². The maximum absolute atomic E-state index is 13.0. The van der Waals surface area contributed by atoms with Crippen LogP contribution >= 0.6 is 0 Å². The van der Waals surface area contributed by atoms with E-state index in [1.54, 1.807) is 18.3 Å². The van der Waals surface area contributed by atoms with Crippen LogP contribution in [-0.2, 0) is 0 Å². The topological polar surface area (TPSA) is 12.9 Å². The molecule has 1 aromatic heterocycles. The van der Waals surface area contributed by atoms with Gasteiger partial charge in [-0.3, -0.25) is 4.98 Å². The SMILES string of the molecule is C[Si](C)(C)C#Cc1cccnc1-c1ccc(F)cc1. The molecule has 1 nitrogen and oxygen atoms in total. The predicted octanol–water partition coefficient (Wildman–Crippen LogP) is 4.12. The molecule has 0 fully saturated rings. The van der Waals surface area contributed by atoms with E-state index in [4.69, 9.17) is 0 Å². The fraction of sp³-hybridized carbons (Fsp3) is 0.188. The summed E-state index contributed by atoms with van der Waals surface area (Å²) in [6.45, 7) is 6.61. The molecule has 3 heteroatoms. The van der Waals surface area contributed by atoms with Crippen LogP contribution < -0.4 is 0 Å². The van der Waals surface area contributed by atoms with Gasteiger partial charge in [-0.2, -0.15) is 0 Å². The van der Waals surface area contributed by atoms with Gasteiger partial charge in [0, 0.05) is 11.8 Å². The smallest absolute Gasteiger partial charge is 0.129 e. The molecule has 0 radical (unpaired) electrons. The lowest BCUT2D eigenvalue weighted by Gasteiger charge is -2.06. The van der Waals surface area contributed by atoms with Crippen LogP contribution in [0, 0.1) is 17.3 Å². The lowest BCUT2D eigenvalue weighted by Crippen LogP contribution is -2.16.